The van der Waals surface area contributed by atoms with Gasteiger partial charge in [-0.2, -0.15) is 0 Å². The molecule has 1 rings (SSSR count). The summed E-state index contributed by atoms with van der Waals surface area (Å²) in [5, 5.41) is 0. The van der Waals surface area contributed by atoms with Crippen LogP contribution in [0.4, 0.5) is 10.1 Å². The van der Waals surface area contributed by atoms with Gasteiger partial charge in [0.05, 0.1) is 11.4 Å². The Morgan fingerprint density at radius 3 is 2.60 bits per heavy atom. The van der Waals surface area contributed by atoms with Crippen LogP contribution in [0.3, 0.4) is 0 Å². The Bertz CT molecular complexity index is 473. The van der Waals surface area contributed by atoms with Crippen LogP contribution in [0, 0.1) is 12.7 Å². The van der Waals surface area contributed by atoms with Crippen LogP contribution in [-0.4, -0.2) is 14.2 Å². The second-order valence-electron chi connectivity index (χ2n) is 3.09. The maximum absolute atomic E-state index is 13.3. The number of sulfonamides is 1. The van der Waals surface area contributed by atoms with Crippen molar-refractivity contribution in [2.75, 3.05) is 10.5 Å². The maximum atomic E-state index is 13.3. The molecule has 0 unspecified atom stereocenters. The van der Waals surface area contributed by atoms with Crippen molar-refractivity contribution in [2.24, 2.45) is 0 Å². The fourth-order valence-corrected chi connectivity index (χ4v) is 1.93. The summed E-state index contributed by atoms with van der Waals surface area (Å²) in [5.41, 5.74) is 0.753. The number of nitrogens with one attached hydrogen (secondary N) is 1. The molecule has 1 aromatic rings. The SMILES string of the molecule is CCS(=O)(=O)Nc1cc(C)c(Br)cc1F. The van der Waals surface area contributed by atoms with Gasteiger partial charge in [-0.15, -0.1) is 0 Å². The van der Waals surface area contributed by atoms with Crippen LogP contribution in [0.25, 0.3) is 0 Å². The molecular weight excluding hydrogens is 285 g/mol. The van der Waals surface area contributed by atoms with Gasteiger partial charge in [0.1, 0.15) is 5.82 Å². The minimum atomic E-state index is -3.43. The van der Waals surface area contributed by atoms with E-state index < -0.39 is 15.8 Å². The first kappa shape index (κ1) is 12.4. The Balaban J connectivity index is 3.12. The molecule has 1 N–H and O–H groups in total. The van der Waals surface area contributed by atoms with E-state index in [4.69, 9.17) is 0 Å². The highest BCUT2D eigenvalue weighted by Gasteiger charge is 2.12. The lowest BCUT2D eigenvalue weighted by Crippen LogP contribution is -2.15. The second kappa shape index (κ2) is 4.49. The van der Waals surface area contributed by atoms with E-state index in [9.17, 15) is 12.8 Å². The lowest BCUT2D eigenvalue weighted by atomic mass is 10.2. The van der Waals surface area contributed by atoms with Crippen LogP contribution < -0.4 is 4.72 Å². The van der Waals surface area contributed by atoms with E-state index in [1.165, 1.54) is 19.1 Å². The standard InChI is InChI=1S/C9H11BrFNO2S/c1-3-15(13,14)12-9-4-6(2)7(10)5-8(9)11/h4-5,12H,3H2,1-2H3. The minimum absolute atomic E-state index is 0.0162. The molecule has 0 fully saturated rings. The Hall–Kier alpha value is -0.620. The zero-order valence-electron chi connectivity index (χ0n) is 8.34. The van der Waals surface area contributed by atoms with Crippen LogP contribution in [0.15, 0.2) is 16.6 Å². The summed E-state index contributed by atoms with van der Waals surface area (Å²) < 4.78 is 38.6. The quantitative estimate of drug-likeness (QED) is 0.932. The van der Waals surface area contributed by atoms with E-state index in [1.807, 2.05) is 0 Å². The van der Waals surface area contributed by atoms with Gasteiger partial charge in [0.15, 0.2) is 0 Å². The van der Waals surface area contributed by atoms with Gasteiger partial charge < -0.3 is 0 Å². The lowest BCUT2D eigenvalue weighted by molar-refractivity contribution is 0.599. The average Bonchev–Trinajstić information content (AvgIpc) is 2.14. The van der Waals surface area contributed by atoms with Crippen LogP contribution in [0.5, 0.6) is 0 Å². The number of benzene rings is 1. The van der Waals surface area contributed by atoms with Crippen LogP contribution in [0.1, 0.15) is 12.5 Å². The van der Waals surface area contributed by atoms with E-state index in [1.54, 1.807) is 6.92 Å². The molecule has 0 saturated heterocycles. The van der Waals surface area contributed by atoms with Crippen molar-refractivity contribution in [1.82, 2.24) is 0 Å². The van der Waals surface area contributed by atoms with Crippen molar-refractivity contribution in [3.63, 3.8) is 0 Å². The Morgan fingerprint density at radius 1 is 1.47 bits per heavy atom. The summed E-state index contributed by atoms with van der Waals surface area (Å²) in [4.78, 5) is 0. The molecule has 0 atom stereocenters. The molecule has 0 spiro atoms. The zero-order valence-corrected chi connectivity index (χ0v) is 10.7. The van der Waals surface area contributed by atoms with Gasteiger partial charge in [0.2, 0.25) is 10.0 Å². The van der Waals surface area contributed by atoms with Crippen molar-refractivity contribution in [3.8, 4) is 0 Å². The van der Waals surface area contributed by atoms with E-state index in [2.05, 4.69) is 20.7 Å². The fourth-order valence-electron chi connectivity index (χ4n) is 0.975. The lowest BCUT2D eigenvalue weighted by Gasteiger charge is -2.08. The zero-order chi connectivity index (χ0) is 11.6. The molecule has 3 nitrogen and oxygen atoms in total. The first-order valence-electron chi connectivity index (χ1n) is 4.32. The van der Waals surface area contributed by atoms with Gasteiger partial charge in [-0.1, -0.05) is 15.9 Å². The molecule has 84 valence electrons. The molecule has 0 radical (unpaired) electrons. The molecule has 0 heterocycles. The second-order valence-corrected chi connectivity index (χ2v) is 5.95. The highest BCUT2D eigenvalue weighted by Crippen LogP contribution is 2.24. The Labute approximate surface area is 96.9 Å². The van der Waals surface area contributed by atoms with Crippen LogP contribution >= 0.6 is 15.9 Å². The molecule has 0 aliphatic heterocycles. The third kappa shape index (κ3) is 3.17. The summed E-state index contributed by atoms with van der Waals surface area (Å²) in [6.45, 7) is 3.25. The van der Waals surface area contributed by atoms with Crippen LogP contribution in [0.2, 0.25) is 0 Å². The van der Waals surface area contributed by atoms with Crippen molar-refractivity contribution < 1.29 is 12.8 Å². The molecule has 6 heteroatoms. The molecule has 0 aromatic heterocycles. The van der Waals surface area contributed by atoms with Gasteiger partial charge in [-0.25, -0.2) is 12.8 Å². The molecule has 0 bridgehead atoms. The summed E-state index contributed by atoms with van der Waals surface area (Å²) in [6.07, 6.45) is 0. The predicted molar refractivity (Wildman–Crippen MR) is 61.9 cm³/mol. The average molecular weight is 296 g/mol. The third-order valence-electron chi connectivity index (χ3n) is 1.89. The monoisotopic (exact) mass is 295 g/mol. The van der Waals surface area contributed by atoms with Gasteiger partial charge in [-0.05, 0) is 31.5 Å². The van der Waals surface area contributed by atoms with Crippen LogP contribution in [-0.2, 0) is 10.0 Å². The normalized spacial score (nSPS) is 11.5. The number of hydrogen-bond donors (Lipinski definition) is 1. The van der Waals surface area contributed by atoms with E-state index in [0.29, 0.717) is 4.47 Å². The van der Waals surface area contributed by atoms with Gasteiger partial charge in [0, 0.05) is 4.47 Å². The molecule has 0 aliphatic carbocycles. The van der Waals surface area contributed by atoms with Gasteiger partial charge in [0.25, 0.3) is 0 Å². The summed E-state index contributed by atoms with van der Waals surface area (Å²) >= 11 is 3.16. The summed E-state index contributed by atoms with van der Waals surface area (Å²) in [7, 11) is -3.43. The number of halogens is 2. The minimum Gasteiger partial charge on any atom is -0.281 e. The van der Waals surface area contributed by atoms with Crippen molar-refractivity contribution in [2.45, 2.75) is 13.8 Å². The molecule has 1 aromatic carbocycles. The first-order valence-corrected chi connectivity index (χ1v) is 6.76. The highest BCUT2D eigenvalue weighted by atomic mass is 79.9. The third-order valence-corrected chi connectivity index (χ3v) is 4.04. The first-order chi connectivity index (χ1) is 6.85. The largest absolute Gasteiger partial charge is 0.281 e. The highest BCUT2D eigenvalue weighted by molar-refractivity contribution is 9.10. The smallest absolute Gasteiger partial charge is 0.232 e. The molecule has 0 saturated carbocycles. The molecule has 15 heavy (non-hydrogen) atoms. The fraction of sp³-hybridized carbons (Fsp3) is 0.333. The summed E-state index contributed by atoms with van der Waals surface area (Å²) in [5.74, 6) is -0.675. The number of hydrogen-bond acceptors (Lipinski definition) is 2. The predicted octanol–water partition coefficient (Wildman–Crippen LogP) is 2.66. The number of anilines is 1. The molecule has 0 aliphatic rings. The topological polar surface area (TPSA) is 46.2 Å². The molecule has 0 amide bonds. The molecular formula is C9H11BrFNO2S. The van der Waals surface area contributed by atoms with E-state index >= 15 is 0 Å². The Kier molecular flexibility index (Phi) is 3.72. The maximum Gasteiger partial charge on any atom is 0.232 e. The number of rotatable bonds is 3. The van der Waals surface area contributed by atoms with E-state index in [-0.39, 0.29) is 11.4 Å². The van der Waals surface area contributed by atoms with Crippen molar-refractivity contribution in [1.29, 1.82) is 0 Å². The van der Waals surface area contributed by atoms with Crippen molar-refractivity contribution >= 4 is 31.6 Å². The van der Waals surface area contributed by atoms with E-state index in [0.717, 1.165) is 5.56 Å². The van der Waals surface area contributed by atoms with Gasteiger partial charge >= 0.3 is 0 Å². The Morgan fingerprint density at radius 2 is 2.07 bits per heavy atom. The summed E-state index contributed by atoms with van der Waals surface area (Å²) in [6, 6.07) is 2.69. The number of aryl methyl sites for hydroxylation is 1. The van der Waals surface area contributed by atoms with Gasteiger partial charge in [-0.3, -0.25) is 4.72 Å². The van der Waals surface area contributed by atoms with Crippen molar-refractivity contribution in [3.05, 3.63) is 28.0 Å².